The first-order valence-electron chi connectivity index (χ1n) is 11.6. The van der Waals surface area contributed by atoms with E-state index in [1.165, 1.54) is 0 Å². The van der Waals surface area contributed by atoms with Gasteiger partial charge in [0, 0.05) is 47.7 Å². The second kappa shape index (κ2) is 10.0. The van der Waals surface area contributed by atoms with Gasteiger partial charge in [-0.2, -0.15) is 0 Å². The molecule has 1 saturated heterocycles. The molecule has 172 valence electrons. The van der Waals surface area contributed by atoms with Gasteiger partial charge in [0.15, 0.2) is 5.82 Å². The number of rotatable bonds is 6. The highest BCUT2D eigenvalue weighted by Crippen LogP contribution is 2.36. The van der Waals surface area contributed by atoms with E-state index in [-0.39, 0.29) is 0 Å². The monoisotopic (exact) mass is 452 g/mol. The van der Waals surface area contributed by atoms with Gasteiger partial charge in [-0.25, -0.2) is 9.97 Å². The van der Waals surface area contributed by atoms with Crippen LogP contribution in [0.4, 0.5) is 0 Å². The molecule has 0 bridgehead atoms. The summed E-state index contributed by atoms with van der Waals surface area (Å²) < 4.78 is 5.46. The summed E-state index contributed by atoms with van der Waals surface area (Å²) in [6.07, 6.45) is 7.48. The Hall–Kier alpha value is -3.77. The maximum absolute atomic E-state index is 10.2. The summed E-state index contributed by atoms with van der Waals surface area (Å²) in [6.45, 7) is 2.66. The van der Waals surface area contributed by atoms with Crippen molar-refractivity contribution in [1.29, 1.82) is 0 Å². The molecule has 1 aliphatic heterocycles. The van der Waals surface area contributed by atoms with Crippen molar-refractivity contribution in [1.82, 2.24) is 19.9 Å². The molecular weight excluding hydrogens is 424 g/mol. The van der Waals surface area contributed by atoms with Gasteiger partial charge in [-0.3, -0.25) is 9.88 Å². The summed E-state index contributed by atoms with van der Waals surface area (Å²) in [4.78, 5) is 16.3. The van der Waals surface area contributed by atoms with E-state index in [1.807, 2.05) is 54.7 Å². The van der Waals surface area contributed by atoms with Crippen LogP contribution in [0.25, 0.3) is 22.5 Å². The Labute approximate surface area is 199 Å². The van der Waals surface area contributed by atoms with Crippen LogP contribution in [0.2, 0.25) is 0 Å². The number of para-hydroxylation sites is 1. The largest absolute Gasteiger partial charge is 0.508 e. The molecule has 2 aromatic carbocycles. The standard InChI is InChI=1S/C28H28N4O2/c1-34-24-7-4-6-22(17-24)25-18-30-28(21-9-13-29-14-10-21)31-27(25)20-11-15-32(16-12-20)19-23-5-2-3-8-26(23)33/h2-10,13-14,17-18,20,33H,11-12,15-16,19H2,1H3. The summed E-state index contributed by atoms with van der Waals surface area (Å²) in [6, 6.07) is 19.6. The van der Waals surface area contributed by atoms with Crippen LogP contribution < -0.4 is 4.74 Å². The normalized spacial score (nSPS) is 14.7. The number of piperidine rings is 1. The number of hydrogen-bond acceptors (Lipinski definition) is 6. The zero-order valence-corrected chi connectivity index (χ0v) is 19.3. The third kappa shape index (κ3) is 4.77. The molecule has 6 heteroatoms. The Balaban J connectivity index is 1.43. The van der Waals surface area contributed by atoms with Gasteiger partial charge in [0.25, 0.3) is 0 Å². The van der Waals surface area contributed by atoms with Crippen molar-refractivity contribution in [3.05, 3.63) is 90.5 Å². The van der Waals surface area contributed by atoms with E-state index in [9.17, 15) is 5.11 Å². The van der Waals surface area contributed by atoms with Crippen LogP contribution in [0.1, 0.15) is 30.0 Å². The fraction of sp³-hybridized carbons (Fsp3) is 0.250. The van der Waals surface area contributed by atoms with Crippen molar-refractivity contribution in [3.63, 3.8) is 0 Å². The molecular formula is C28H28N4O2. The minimum atomic E-state index is 0.324. The Morgan fingerprint density at radius 3 is 2.53 bits per heavy atom. The van der Waals surface area contributed by atoms with Crippen LogP contribution in [0.5, 0.6) is 11.5 Å². The second-order valence-corrected chi connectivity index (χ2v) is 8.64. The number of phenols is 1. The van der Waals surface area contributed by atoms with Gasteiger partial charge in [-0.05, 0) is 61.8 Å². The second-order valence-electron chi connectivity index (χ2n) is 8.64. The number of benzene rings is 2. The number of phenolic OH excluding ortho intramolecular Hbond substituents is 1. The number of nitrogens with zero attached hydrogens (tertiary/aromatic N) is 4. The average Bonchev–Trinajstić information content (AvgIpc) is 2.91. The quantitative estimate of drug-likeness (QED) is 0.428. The highest BCUT2D eigenvalue weighted by Gasteiger charge is 2.26. The van der Waals surface area contributed by atoms with Crippen molar-refractivity contribution >= 4 is 0 Å². The molecule has 0 saturated carbocycles. The van der Waals surface area contributed by atoms with E-state index < -0.39 is 0 Å². The summed E-state index contributed by atoms with van der Waals surface area (Å²) in [5.41, 5.74) is 5.13. The van der Waals surface area contributed by atoms with Crippen LogP contribution in [0, 0.1) is 0 Å². The van der Waals surface area contributed by atoms with Gasteiger partial charge in [-0.15, -0.1) is 0 Å². The lowest BCUT2D eigenvalue weighted by Gasteiger charge is -2.32. The van der Waals surface area contributed by atoms with Crippen molar-refractivity contribution < 1.29 is 9.84 Å². The lowest BCUT2D eigenvalue weighted by atomic mass is 9.88. The molecule has 0 aliphatic carbocycles. The molecule has 0 spiro atoms. The minimum absolute atomic E-state index is 0.324. The molecule has 1 N–H and O–H groups in total. The van der Waals surface area contributed by atoms with E-state index >= 15 is 0 Å². The molecule has 0 amide bonds. The van der Waals surface area contributed by atoms with Gasteiger partial charge < -0.3 is 9.84 Å². The number of likely N-dealkylation sites (tertiary alicyclic amines) is 1. The van der Waals surface area contributed by atoms with Crippen molar-refractivity contribution in [3.8, 4) is 34.0 Å². The third-order valence-electron chi connectivity index (χ3n) is 6.50. The molecule has 34 heavy (non-hydrogen) atoms. The Bertz CT molecular complexity index is 1250. The molecule has 4 aromatic rings. The highest BCUT2D eigenvalue weighted by atomic mass is 16.5. The van der Waals surface area contributed by atoms with E-state index in [0.717, 1.165) is 72.0 Å². The first kappa shape index (κ1) is 22.0. The molecule has 1 aliphatic rings. The van der Waals surface area contributed by atoms with Crippen LogP contribution in [-0.2, 0) is 6.54 Å². The van der Waals surface area contributed by atoms with Crippen molar-refractivity contribution in [2.75, 3.05) is 20.2 Å². The fourth-order valence-electron chi connectivity index (χ4n) is 4.61. The lowest BCUT2D eigenvalue weighted by Crippen LogP contribution is -2.33. The van der Waals surface area contributed by atoms with Crippen LogP contribution >= 0.6 is 0 Å². The Morgan fingerprint density at radius 2 is 1.76 bits per heavy atom. The van der Waals surface area contributed by atoms with Crippen molar-refractivity contribution in [2.24, 2.45) is 0 Å². The predicted octanol–water partition coefficient (Wildman–Crippen LogP) is 5.30. The molecule has 5 rings (SSSR count). The van der Waals surface area contributed by atoms with E-state index in [0.29, 0.717) is 11.7 Å². The number of aromatic nitrogens is 3. The number of pyridine rings is 1. The average molecular weight is 453 g/mol. The summed E-state index contributed by atoms with van der Waals surface area (Å²) in [5.74, 6) is 2.23. The molecule has 0 unspecified atom stereocenters. The third-order valence-corrected chi connectivity index (χ3v) is 6.50. The Morgan fingerprint density at radius 1 is 0.971 bits per heavy atom. The Kier molecular flexibility index (Phi) is 6.49. The minimum Gasteiger partial charge on any atom is -0.508 e. The van der Waals surface area contributed by atoms with Crippen LogP contribution in [-0.4, -0.2) is 45.2 Å². The van der Waals surface area contributed by atoms with E-state index in [4.69, 9.17) is 14.7 Å². The first-order chi connectivity index (χ1) is 16.7. The SMILES string of the molecule is COc1cccc(-c2cnc(-c3ccncc3)nc2C2CCN(Cc3ccccc3O)CC2)c1. The topological polar surface area (TPSA) is 71.4 Å². The van der Waals surface area contributed by atoms with Crippen LogP contribution in [0.3, 0.4) is 0 Å². The summed E-state index contributed by atoms with van der Waals surface area (Å²) in [7, 11) is 1.68. The van der Waals surface area contributed by atoms with Gasteiger partial charge in [0.2, 0.25) is 0 Å². The molecule has 0 atom stereocenters. The fourth-order valence-corrected chi connectivity index (χ4v) is 4.61. The number of hydrogen-bond donors (Lipinski definition) is 1. The molecule has 2 aromatic heterocycles. The van der Waals surface area contributed by atoms with Crippen molar-refractivity contribution in [2.45, 2.75) is 25.3 Å². The smallest absolute Gasteiger partial charge is 0.159 e. The highest BCUT2D eigenvalue weighted by molar-refractivity contribution is 5.69. The number of ether oxygens (including phenoxy) is 1. The zero-order valence-electron chi connectivity index (χ0n) is 19.3. The van der Waals surface area contributed by atoms with Gasteiger partial charge in [0.1, 0.15) is 11.5 Å². The molecule has 0 radical (unpaired) electrons. The van der Waals surface area contributed by atoms with Gasteiger partial charge in [-0.1, -0.05) is 30.3 Å². The van der Waals surface area contributed by atoms with E-state index in [2.05, 4.69) is 16.0 Å². The zero-order chi connectivity index (χ0) is 23.3. The maximum Gasteiger partial charge on any atom is 0.159 e. The number of aromatic hydroxyl groups is 1. The summed E-state index contributed by atoms with van der Waals surface area (Å²) >= 11 is 0. The molecule has 3 heterocycles. The van der Waals surface area contributed by atoms with Crippen LogP contribution in [0.15, 0.2) is 79.3 Å². The predicted molar refractivity (Wildman–Crippen MR) is 133 cm³/mol. The molecule has 1 fully saturated rings. The lowest BCUT2D eigenvalue weighted by molar-refractivity contribution is 0.201. The maximum atomic E-state index is 10.2. The van der Waals surface area contributed by atoms with Gasteiger partial charge in [0.05, 0.1) is 12.8 Å². The summed E-state index contributed by atoms with van der Waals surface area (Å²) in [5, 5.41) is 10.2. The first-order valence-corrected chi connectivity index (χ1v) is 11.6. The van der Waals surface area contributed by atoms with Gasteiger partial charge >= 0.3 is 0 Å². The number of methoxy groups -OCH3 is 1. The van der Waals surface area contributed by atoms with E-state index in [1.54, 1.807) is 25.6 Å². The molecule has 6 nitrogen and oxygen atoms in total.